The number of amides is 1. The lowest BCUT2D eigenvalue weighted by atomic mass is 9.79. The minimum absolute atomic E-state index is 0.0300. The Hall–Kier alpha value is -1.96. The standard InChI is InChI=1S/C23H31ClN2O5/c24-19-6-4-18(5-7-19)20(27)8-9-22(29)31-16-21(28)25-17-23(10-2-1-3-11-23)26-12-14-30-15-13-26/h4-7H,1-3,8-17H2,(H,25,28). The Kier molecular flexibility index (Phi) is 8.87. The first-order valence-corrected chi connectivity index (χ1v) is 11.4. The number of benzene rings is 1. The molecule has 2 aliphatic rings. The molecule has 0 bridgehead atoms. The first-order chi connectivity index (χ1) is 15.0. The van der Waals surface area contributed by atoms with E-state index in [1.54, 1.807) is 24.3 Å². The predicted molar refractivity (Wildman–Crippen MR) is 117 cm³/mol. The van der Waals surface area contributed by atoms with E-state index in [-0.39, 0.29) is 36.7 Å². The van der Waals surface area contributed by atoms with E-state index in [0.717, 1.165) is 52.0 Å². The molecule has 0 atom stereocenters. The van der Waals surface area contributed by atoms with Crippen molar-refractivity contribution >= 4 is 29.3 Å². The molecule has 0 unspecified atom stereocenters. The average Bonchev–Trinajstić information content (AvgIpc) is 2.81. The van der Waals surface area contributed by atoms with Gasteiger partial charge in [-0.3, -0.25) is 19.3 Å². The van der Waals surface area contributed by atoms with Crippen molar-refractivity contribution in [1.29, 1.82) is 0 Å². The Labute approximate surface area is 188 Å². The number of nitrogens with zero attached hydrogens (tertiary/aromatic N) is 1. The molecule has 31 heavy (non-hydrogen) atoms. The van der Waals surface area contributed by atoms with Gasteiger partial charge in [-0.25, -0.2) is 0 Å². The minimum atomic E-state index is -0.557. The van der Waals surface area contributed by atoms with Crippen LogP contribution in [0.1, 0.15) is 55.3 Å². The molecule has 1 aliphatic heterocycles. The Morgan fingerprint density at radius 3 is 2.39 bits per heavy atom. The second kappa shape index (κ2) is 11.6. The Morgan fingerprint density at radius 2 is 1.71 bits per heavy atom. The summed E-state index contributed by atoms with van der Waals surface area (Å²) in [7, 11) is 0. The number of esters is 1. The number of ketones is 1. The van der Waals surface area contributed by atoms with E-state index in [0.29, 0.717) is 17.1 Å². The molecule has 8 heteroatoms. The maximum atomic E-state index is 12.3. The van der Waals surface area contributed by atoms with Gasteiger partial charge < -0.3 is 14.8 Å². The third kappa shape index (κ3) is 7.02. The summed E-state index contributed by atoms with van der Waals surface area (Å²) >= 11 is 5.81. The van der Waals surface area contributed by atoms with Crippen LogP contribution in [0.2, 0.25) is 5.02 Å². The Bertz CT molecular complexity index is 756. The first kappa shape index (κ1) is 23.7. The second-order valence-electron chi connectivity index (χ2n) is 8.25. The van der Waals surface area contributed by atoms with Crippen LogP contribution in [0.3, 0.4) is 0 Å². The summed E-state index contributed by atoms with van der Waals surface area (Å²) < 4.78 is 10.6. The third-order valence-electron chi connectivity index (χ3n) is 6.17. The van der Waals surface area contributed by atoms with E-state index in [1.807, 2.05) is 0 Å². The van der Waals surface area contributed by atoms with Gasteiger partial charge in [0, 0.05) is 42.2 Å². The fraction of sp³-hybridized carbons (Fsp3) is 0.609. The number of hydrogen-bond donors (Lipinski definition) is 1. The smallest absolute Gasteiger partial charge is 0.306 e. The number of Topliss-reactive ketones (excluding diaryl/α,β-unsaturated/α-hetero) is 1. The topological polar surface area (TPSA) is 84.9 Å². The van der Waals surface area contributed by atoms with Crippen LogP contribution < -0.4 is 5.32 Å². The van der Waals surface area contributed by atoms with Gasteiger partial charge in [0.25, 0.3) is 5.91 Å². The van der Waals surface area contributed by atoms with Crippen LogP contribution in [-0.4, -0.2) is 67.6 Å². The maximum Gasteiger partial charge on any atom is 0.306 e. The van der Waals surface area contributed by atoms with E-state index in [9.17, 15) is 14.4 Å². The third-order valence-corrected chi connectivity index (χ3v) is 6.42. The number of carbonyl (C=O) groups excluding carboxylic acids is 3. The number of ether oxygens (including phenoxy) is 2. The largest absolute Gasteiger partial charge is 0.456 e. The molecule has 0 radical (unpaired) electrons. The molecular weight excluding hydrogens is 420 g/mol. The van der Waals surface area contributed by atoms with Gasteiger partial charge in [0.15, 0.2) is 12.4 Å². The van der Waals surface area contributed by atoms with Crippen LogP contribution in [0.4, 0.5) is 0 Å². The van der Waals surface area contributed by atoms with Gasteiger partial charge in [-0.05, 0) is 37.1 Å². The van der Waals surface area contributed by atoms with Crippen molar-refractivity contribution < 1.29 is 23.9 Å². The molecule has 0 aromatic heterocycles. The summed E-state index contributed by atoms with van der Waals surface area (Å²) in [5.41, 5.74) is 0.461. The minimum Gasteiger partial charge on any atom is -0.456 e. The van der Waals surface area contributed by atoms with E-state index >= 15 is 0 Å². The van der Waals surface area contributed by atoms with Crippen molar-refractivity contribution in [1.82, 2.24) is 10.2 Å². The Balaban J connectivity index is 1.39. The van der Waals surface area contributed by atoms with Crippen molar-refractivity contribution in [2.75, 3.05) is 39.5 Å². The molecule has 3 rings (SSSR count). The molecule has 0 spiro atoms. The first-order valence-electron chi connectivity index (χ1n) is 11.0. The number of rotatable bonds is 9. The fourth-order valence-corrected chi connectivity index (χ4v) is 4.51. The van der Waals surface area contributed by atoms with Gasteiger partial charge in [-0.2, -0.15) is 0 Å². The highest BCUT2D eigenvalue weighted by Gasteiger charge is 2.38. The highest BCUT2D eigenvalue weighted by molar-refractivity contribution is 6.30. The normalized spacial score (nSPS) is 18.9. The van der Waals surface area contributed by atoms with Gasteiger partial charge in [-0.1, -0.05) is 30.9 Å². The number of hydrogen-bond acceptors (Lipinski definition) is 6. The van der Waals surface area contributed by atoms with Crippen LogP contribution in [0.25, 0.3) is 0 Å². The average molecular weight is 451 g/mol. The number of carbonyl (C=O) groups is 3. The predicted octanol–water partition coefficient (Wildman–Crippen LogP) is 3.00. The zero-order valence-electron chi connectivity index (χ0n) is 17.9. The summed E-state index contributed by atoms with van der Waals surface area (Å²) in [4.78, 5) is 38.8. The molecule has 2 fully saturated rings. The van der Waals surface area contributed by atoms with Crippen molar-refractivity contribution in [2.24, 2.45) is 0 Å². The number of nitrogens with one attached hydrogen (secondary N) is 1. The van der Waals surface area contributed by atoms with Crippen LogP contribution >= 0.6 is 11.6 Å². The summed E-state index contributed by atoms with van der Waals surface area (Å²) in [6, 6.07) is 6.51. The number of morpholine rings is 1. The highest BCUT2D eigenvalue weighted by atomic mass is 35.5. The molecule has 1 amide bonds. The highest BCUT2D eigenvalue weighted by Crippen LogP contribution is 2.33. The molecule has 1 N–H and O–H groups in total. The molecule has 7 nitrogen and oxygen atoms in total. The quantitative estimate of drug-likeness (QED) is 0.460. The SMILES string of the molecule is O=C(COC(=O)CCC(=O)c1ccc(Cl)cc1)NCC1(N2CCOCC2)CCCCC1. The van der Waals surface area contributed by atoms with Gasteiger partial charge in [0.2, 0.25) is 0 Å². The van der Waals surface area contributed by atoms with E-state index in [1.165, 1.54) is 6.42 Å². The zero-order valence-corrected chi connectivity index (χ0v) is 18.6. The molecule has 170 valence electrons. The lowest BCUT2D eigenvalue weighted by Gasteiger charge is -2.48. The van der Waals surface area contributed by atoms with Crippen LogP contribution in [0.5, 0.6) is 0 Å². The summed E-state index contributed by atoms with van der Waals surface area (Å²) in [6.45, 7) is 3.44. The van der Waals surface area contributed by atoms with E-state index in [2.05, 4.69) is 10.2 Å². The number of halogens is 1. The lowest BCUT2D eigenvalue weighted by Crippen LogP contribution is -2.59. The molecule has 1 aromatic rings. The van der Waals surface area contributed by atoms with Gasteiger partial charge in [0.05, 0.1) is 19.6 Å². The van der Waals surface area contributed by atoms with Crippen LogP contribution in [0, 0.1) is 0 Å². The summed E-state index contributed by atoms with van der Waals surface area (Å²) in [5, 5.41) is 3.51. The zero-order chi connectivity index (χ0) is 22.1. The molecular formula is C23H31ClN2O5. The van der Waals surface area contributed by atoms with Crippen molar-refractivity contribution in [3.05, 3.63) is 34.9 Å². The van der Waals surface area contributed by atoms with Crippen LogP contribution in [0.15, 0.2) is 24.3 Å². The van der Waals surface area contributed by atoms with Crippen molar-refractivity contribution in [3.8, 4) is 0 Å². The van der Waals surface area contributed by atoms with E-state index in [4.69, 9.17) is 21.1 Å². The van der Waals surface area contributed by atoms with Gasteiger partial charge in [-0.15, -0.1) is 0 Å². The monoisotopic (exact) mass is 450 g/mol. The summed E-state index contributed by atoms with van der Waals surface area (Å²) in [6.07, 6.45) is 5.62. The molecule has 1 saturated heterocycles. The van der Waals surface area contributed by atoms with Gasteiger partial charge in [0.1, 0.15) is 0 Å². The van der Waals surface area contributed by atoms with E-state index < -0.39 is 5.97 Å². The van der Waals surface area contributed by atoms with Gasteiger partial charge >= 0.3 is 5.97 Å². The molecule has 1 saturated carbocycles. The van der Waals surface area contributed by atoms with Crippen LogP contribution in [-0.2, 0) is 19.1 Å². The van der Waals surface area contributed by atoms with Crippen molar-refractivity contribution in [2.45, 2.75) is 50.5 Å². The maximum absolute atomic E-state index is 12.3. The summed E-state index contributed by atoms with van der Waals surface area (Å²) in [5.74, 6) is -1.03. The van der Waals surface area contributed by atoms with Crippen molar-refractivity contribution in [3.63, 3.8) is 0 Å². The Morgan fingerprint density at radius 1 is 1.03 bits per heavy atom. The lowest BCUT2D eigenvalue weighted by molar-refractivity contribution is -0.148. The second-order valence-corrected chi connectivity index (χ2v) is 8.69. The fourth-order valence-electron chi connectivity index (χ4n) is 4.38. The molecule has 1 aliphatic carbocycles. The molecule has 1 aromatic carbocycles. The molecule has 1 heterocycles.